The maximum absolute atomic E-state index is 12.9. The summed E-state index contributed by atoms with van der Waals surface area (Å²) in [5.41, 5.74) is -0.146. The standard InChI is InChI=1S/C25H25F3N2O4/c1-3-15-34-21-9-7-18(16-22(21)33-2)8-10-23(31)29-11-13-30(14-12-29)24(32)19-5-4-6-20(17-19)25(26,27)28/h3-10,16-17H,1,11-15H2,2H3. The molecule has 0 atom stereocenters. The second-order valence-electron chi connectivity index (χ2n) is 7.54. The lowest BCUT2D eigenvalue weighted by Gasteiger charge is -2.34. The van der Waals surface area contributed by atoms with Gasteiger partial charge in [-0.25, -0.2) is 0 Å². The van der Waals surface area contributed by atoms with Crippen LogP contribution in [0.1, 0.15) is 21.5 Å². The van der Waals surface area contributed by atoms with Crippen LogP contribution in [0.5, 0.6) is 11.5 Å². The van der Waals surface area contributed by atoms with Crippen molar-refractivity contribution < 1.29 is 32.2 Å². The summed E-state index contributed by atoms with van der Waals surface area (Å²) < 4.78 is 49.6. The summed E-state index contributed by atoms with van der Waals surface area (Å²) in [6.45, 7) is 4.98. The number of carbonyl (C=O) groups is 2. The highest BCUT2D eigenvalue weighted by atomic mass is 19.4. The zero-order chi connectivity index (χ0) is 24.7. The lowest BCUT2D eigenvalue weighted by Crippen LogP contribution is -2.50. The van der Waals surface area contributed by atoms with Gasteiger partial charge in [-0.15, -0.1) is 0 Å². The van der Waals surface area contributed by atoms with Crippen LogP contribution in [0.25, 0.3) is 6.08 Å². The average Bonchev–Trinajstić information content (AvgIpc) is 2.85. The number of halogens is 3. The summed E-state index contributed by atoms with van der Waals surface area (Å²) >= 11 is 0. The predicted octanol–water partition coefficient (Wildman–Crippen LogP) is 4.28. The molecule has 6 nitrogen and oxygen atoms in total. The first kappa shape index (κ1) is 24.9. The number of methoxy groups -OCH3 is 1. The molecular formula is C25H25F3N2O4. The number of piperazine rings is 1. The molecule has 34 heavy (non-hydrogen) atoms. The molecule has 1 fully saturated rings. The summed E-state index contributed by atoms with van der Waals surface area (Å²) in [7, 11) is 1.52. The fraction of sp³-hybridized carbons (Fsp3) is 0.280. The third-order valence-electron chi connectivity index (χ3n) is 5.28. The molecule has 0 radical (unpaired) electrons. The van der Waals surface area contributed by atoms with Gasteiger partial charge in [0.15, 0.2) is 11.5 Å². The molecule has 1 aliphatic rings. The lowest BCUT2D eigenvalue weighted by atomic mass is 10.1. The first-order valence-corrected chi connectivity index (χ1v) is 10.6. The Labute approximate surface area is 195 Å². The maximum Gasteiger partial charge on any atom is 0.416 e. The zero-order valence-electron chi connectivity index (χ0n) is 18.7. The van der Waals surface area contributed by atoms with Gasteiger partial charge in [0.05, 0.1) is 12.7 Å². The first-order valence-electron chi connectivity index (χ1n) is 10.6. The van der Waals surface area contributed by atoms with Crippen molar-refractivity contribution in [1.82, 2.24) is 9.80 Å². The number of amides is 2. The number of carbonyl (C=O) groups excluding carboxylic acids is 2. The van der Waals surface area contributed by atoms with Crippen LogP contribution in [0, 0.1) is 0 Å². The largest absolute Gasteiger partial charge is 0.493 e. The summed E-state index contributed by atoms with van der Waals surface area (Å²) in [5, 5.41) is 0. The molecular weight excluding hydrogens is 449 g/mol. The van der Waals surface area contributed by atoms with Gasteiger partial charge in [0, 0.05) is 37.8 Å². The Morgan fingerprint density at radius 3 is 2.38 bits per heavy atom. The highest BCUT2D eigenvalue weighted by molar-refractivity contribution is 5.95. The summed E-state index contributed by atoms with van der Waals surface area (Å²) in [6, 6.07) is 9.63. The molecule has 2 amide bonds. The molecule has 0 saturated carbocycles. The van der Waals surface area contributed by atoms with Crippen LogP contribution in [-0.4, -0.2) is 61.5 Å². The number of nitrogens with zero attached hydrogens (tertiary/aromatic N) is 2. The van der Waals surface area contributed by atoms with Gasteiger partial charge in [-0.05, 0) is 42.0 Å². The van der Waals surface area contributed by atoms with E-state index < -0.39 is 17.6 Å². The molecule has 1 heterocycles. The molecule has 180 valence electrons. The van der Waals surface area contributed by atoms with Crippen molar-refractivity contribution in [2.24, 2.45) is 0 Å². The van der Waals surface area contributed by atoms with Gasteiger partial charge in [-0.2, -0.15) is 13.2 Å². The van der Waals surface area contributed by atoms with Crippen LogP contribution in [-0.2, 0) is 11.0 Å². The minimum atomic E-state index is -4.52. The Kier molecular flexibility index (Phi) is 7.99. The Morgan fingerprint density at radius 2 is 1.74 bits per heavy atom. The van der Waals surface area contributed by atoms with E-state index in [9.17, 15) is 22.8 Å². The van der Waals surface area contributed by atoms with Crippen LogP contribution in [0.2, 0.25) is 0 Å². The number of rotatable bonds is 7. The first-order chi connectivity index (χ1) is 16.2. The van der Waals surface area contributed by atoms with Gasteiger partial charge in [0.1, 0.15) is 6.61 Å². The molecule has 1 saturated heterocycles. The molecule has 3 rings (SSSR count). The predicted molar refractivity (Wildman–Crippen MR) is 122 cm³/mol. The van der Waals surface area contributed by atoms with Crippen LogP contribution >= 0.6 is 0 Å². The van der Waals surface area contributed by atoms with Crippen molar-refractivity contribution >= 4 is 17.9 Å². The van der Waals surface area contributed by atoms with E-state index in [1.165, 1.54) is 30.2 Å². The van der Waals surface area contributed by atoms with E-state index in [-0.39, 0.29) is 37.6 Å². The SMILES string of the molecule is C=CCOc1ccc(C=CC(=O)N2CCN(C(=O)c3cccc(C(F)(F)F)c3)CC2)cc1OC. The third kappa shape index (κ3) is 6.18. The summed E-state index contributed by atoms with van der Waals surface area (Å²) in [5.74, 6) is 0.377. The molecule has 2 aromatic rings. The van der Waals surface area contributed by atoms with Crippen molar-refractivity contribution in [2.45, 2.75) is 6.18 Å². The van der Waals surface area contributed by atoms with Crippen molar-refractivity contribution in [3.8, 4) is 11.5 Å². The smallest absolute Gasteiger partial charge is 0.416 e. The average molecular weight is 474 g/mol. The van der Waals surface area contributed by atoms with E-state index >= 15 is 0 Å². The van der Waals surface area contributed by atoms with Crippen LogP contribution in [0.3, 0.4) is 0 Å². The van der Waals surface area contributed by atoms with Crippen molar-refractivity contribution in [3.63, 3.8) is 0 Å². The second kappa shape index (κ2) is 10.9. The fourth-order valence-electron chi connectivity index (χ4n) is 3.47. The maximum atomic E-state index is 12.9. The van der Waals surface area contributed by atoms with E-state index in [0.717, 1.165) is 17.7 Å². The number of hydrogen-bond donors (Lipinski definition) is 0. The molecule has 0 spiro atoms. The van der Waals surface area contributed by atoms with Gasteiger partial charge in [-0.3, -0.25) is 9.59 Å². The molecule has 0 aromatic heterocycles. The Balaban J connectivity index is 1.58. The molecule has 0 N–H and O–H groups in total. The van der Waals surface area contributed by atoms with Crippen LogP contribution in [0.4, 0.5) is 13.2 Å². The number of benzene rings is 2. The van der Waals surface area contributed by atoms with Gasteiger partial charge >= 0.3 is 6.18 Å². The van der Waals surface area contributed by atoms with E-state index in [4.69, 9.17) is 9.47 Å². The Morgan fingerprint density at radius 1 is 1.03 bits per heavy atom. The monoisotopic (exact) mass is 474 g/mol. The third-order valence-corrected chi connectivity index (χ3v) is 5.28. The zero-order valence-corrected chi connectivity index (χ0v) is 18.7. The quantitative estimate of drug-likeness (QED) is 0.444. The number of alkyl halides is 3. The van der Waals surface area contributed by atoms with E-state index in [1.807, 2.05) is 0 Å². The number of hydrogen-bond acceptors (Lipinski definition) is 4. The van der Waals surface area contributed by atoms with Crippen LogP contribution < -0.4 is 9.47 Å². The van der Waals surface area contributed by atoms with E-state index in [0.29, 0.717) is 18.1 Å². The van der Waals surface area contributed by atoms with Gasteiger partial charge in [0.25, 0.3) is 5.91 Å². The highest BCUT2D eigenvalue weighted by Crippen LogP contribution is 2.30. The normalized spacial score (nSPS) is 14.2. The van der Waals surface area contributed by atoms with Crippen molar-refractivity contribution in [3.05, 3.63) is 77.9 Å². The molecule has 0 unspecified atom stereocenters. The molecule has 1 aliphatic heterocycles. The van der Waals surface area contributed by atoms with Gasteiger partial charge < -0.3 is 19.3 Å². The Hall–Kier alpha value is -3.75. The van der Waals surface area contributed by atoms with E-state index in [1.54, 1.807) is 35.3 Å². The fourth-order valence-corrected chi connectivity index (χ4v) is 3.47. The molecule has 2 aromatic carbocycles. The topological polar surface area (TPSA) is 59.1 Å². The lowest BCUT2D eigenvalue weighted by molar-refractivity contribution is -0.137. The highest BCUT2D eigenvalue weighted by Gasteiger charge is 2.32. The molecule has 0 aliphatic carbocycles. The summed E-state index contributed by atoms with van der Waals surface area (Å²) in [6.07, 6.45) is 0.196. The Bertz CT molecular complexity index is 1070. The van der Waals surface area contributed by atoms with Gasteiger partial charge in [0.2, 0.25) is 5.91 Å². The summed E-state index contributed by atoms with van der Waals surface area (Å²) in [4.78, 5) is 28.3. The minimum Gasteiger partial charge on any atom is -0.493 e. The minimum absolute atomic E-state index is 0.0241. The second-order valence-corrected chi connectivity index (χ2v) is 7.54. The number of ether oxygens (including phenoxy) is 2. The van der Waals surface area contributed by atoms with Crippen molar-refractivity contribution in [2.75, 3.05) is 39.9 Å². The molecule has 9 heteroatoms. The molecule has 0 bridgehead atoms. The van der Waals surface area contributed by atoms with Crippen molar-refractivity contribution in [1.29, 1.82) is 0 Å². The van der Waals surface area contributed by atoms with E-state index in [2.05, 4.69) is 6.58 Å². The van der Waals surface area contributed by atoms with Crippen LogP contribution in [0.15, 0.2) is 61.2 Å². The van der Waals surface area contributed by atoms with Gasteiger partial charge in [-0.1, -0.05) is 24.8 Å².